The molecule has 0 aromatic rings. The molecular weight excluding hydrogens is 267 g/mol. The molecule has 2 atom stereocenters. The minimum absolute atomic E-state index is 0.0775. The molecule has 0 aliphatic rings. The van der Waals surface area contributed by atoms with Gasteiger partial charge in [-0.05, 0) is 25.2 Å². The molecule has 0 saturated heterocycles. The van der Waals surface area contributed by atoms with Crippen molar-refractivity contribution in [2.45, 2.75) is 60.5 Å². The van der Waals surface area contributed by atoms with E-state index >= 15 is 0 Å². The molecule has 0 aromatic carbocycles. The number of Topliss-reactive ketones (excluding diaryl/α,β-unsaturated/α-hetero) is 1. The van der Waals surface area contributed by atoms with Crippen molar-refractivity contribution < 1.29 is 23.3 Å². The Morgan fingerprint density at radius 1 is 1.26 bits per heavy atom. The molecule has 2 unspecified atom stereocenters. The number of ketones is 1. The van der Waals surface area contributed by atoms with E-state index in [-0.39, 0.29) is 30.1 Å². The number of carbonyl (C=O) groups excluding carboxylic acids is 1. The molecule has 19 heavy (non-hydrogen) atoms. The monoisotopic (exact) mass is 294 g/mol. The summed E-state index contributed by atoms with van der Waals surface area (Å²) in [6.45, 7) is 12.6. The van der Waals surface area contributed by atoms with Crippen LogP contribution in [0.15, 0.2) is 0 Å². The molecule has 0 amide bonds. The van der Waals surface area contributed by atoms with Crippen LogP contribution < -0.4 is 0 Å². The molecule has 5 nitrogen and oxygen atoms in total. The van der Waals surface area contributed by atoms with Crippen LogP contribution in [0, 0.1) is 11.3 Å². The van der Waals surface area contributed by atoms with Crippen molar-refractivity contribution in [2.24, 2.45) is 11.3 Å². The van der Waals surface area contributed by atoms with Gasteiger partial charge in [-0.2, -0.15) is 0 Å². The summed E-state index contributed by atoms with van der Waals surface area (Å²) in [5.41, 5.74) is -1.25. The molecule has 114 valence electrons. The minimum atomic E-state index is -4.17. The summed E-state index contributed by atoms with van der Waals surface area (Å²) in [7, 11) is -4.17. The first-order chi connectivity index (χ1) is 8.27. The number of hydrogen-bond donors (Lipinski definition) is 1. The van der Waals surface area contributed by atoms with Crippen molar-refractivity contribution in [1.82, 2.24) is 0 Å². The van der Waals surface area contributed by atoms with Crippen LogP contribution in [0.2, 0.25) is 0 Å². The van der Waals surface area contributed by atoms with E-state index in [1.165, 1.54) is 6.92 Å². The Labute approximate surface area is 116 Å². The van der Waals surface area contributed by atoms with Gasteiger partial charge in [0.1, 0.15) is 5.78 Å². The van der Waals surface area contributed by atoms with Crippen molar-refractivity contribution in [3.8, 4) is 0 Å². The summed E-state index contributed by atoms with van der Waals surface area (Å²) in [6.07, 6.45) is 0.0775. The second-order valence-corrected chi connectivity index (χ2v) is 8.12. The molecule has 0 radical (unpaired) electrons. The summed E-state index contributed by atoms with van der Waals surface area (Å²) < 4.78 is 22.2. The Hall–Kier alpha value is -0.220. The topological polar surface area (TPSA) is 72.8 Å². The normalized spacial score (nSPS) is 19.0. The fourth-order valence-corrected chi connectivity index (χ4v) is 2.81. The molecular formula is C13H27O5P. The van der Waals surface area contributed by atoms with Crippen LogP contribution >= 0.6 is 7.82 Å². The number of phosphoric acid groups is 1. The molecule has 0 bridgehead atoms. The average Bonchev–Trinajstić information content (AvgIpc) is 2.11. The van der Waals surface area contributed by atoms with Crippen molar-refractivity contribution in [2.75, 3.05) is 6.61 Å². The highest BCUT2D eigenvalue weighted by molar-refractivity contribution is 7.47. The van der Waals surface area contributed by atoms with Crippen molar-refractivity contribution in [3.05, 3.63) is 0 Å². The van der Waals surface area contributed by atoms with E-state index in [9.17, 15) is 14.3 Å². The van der Waals surface area contributed by atoms with Gasteiger partial charge in [0, 0.05) is 6.42 Å². The predicted octanol–water partition coefficient (Wildman–Crippen LogP) is 3.56. The van der Waals surface area contributed by atoms with E-state index in [0.29, 0.717) is 0 Å². The summed E-state index contributed by atoms with van der Waals surface area (Å²) in [6, 6.07) is 0. The fourth-order valence-electron chi connectivity index (χ4n) is 1.40. The van der Waals surface area contributed by atoms with E-state index in [4.69, 9.17) is 9.05 Å². The van der Waals surface area contributed by atoms with Crippen molar-refractivity contribution in [3.63, 3.8) is 0 Å². The molecule has 0 saturated carbocycles. The third-order valence-electron chi connectivity index (χ3n) is 2.81. The molecule has 0 aliphatic heterocycles. The summed E-state index contributed by atoms with van der Waals surface area (Å²) in [5.74, 6) is -0.179. The average molecular weight is 294 g/mol. The van der Waals surface area contributed by atoms with Gasteiger partial charge in [0.25, 0.3) is 0 Å². The van der Waals surface area contributed by atoms with Gasteiger partial charge in [-0.15, -0.1) is 0 Å². The highest BCUT2D eigenvalue weighted by Gasteiger charge is 2.39. The van der Waals surface area contributed by atoms with Crippen LogP contribution in [0.5, 0.6) is 0 Å². The largest absolute Gasteiger partial charge is 0.472 e. The van der Waals surface area contributed by atoms with Gasteiger partial charge in [0.05, 0.1) is 12.2 Å². The third-order valence-corrected chi connectivity index (χ3v) is 3.91. The van der Waals surface area contributed by atoms with Crippen LogP contribution in [0.25, 0.3) is 0 Å². The molecule has 0 rings (SSSR count). The highest BCUT2D eigenvalue weighted by atomic mass is 31.2. The zero-order valence-corrected chi connectivity index (χ0v) is 13.9. The van der Waals surface area contributed by atoms with Gasteiger partial charge < -0.3 is 4.89 Å². The number of rotatable bonds is 7. The lowest BCUT2D eigenvalue weighted by Gasteiger charge is -2.34. The van der Waals surface area contributed by atoms with E-state index in [2.05, 4.69) is 0 Å². The first-order valence-corrected chi connectivity index (χ1v) is 7.94. The van der Waals surface area contributed by atoms with Gasteiger partial charge in [-0.1, -0.05) is 34.6 Å². The molecule has 0 aliphatic carbocycles. The predicted molar refractivity (Wildman–Crippen MR) is 74.9 cm³/mol. The standard InChI is InChI=1S/C13H27O5P/c1-10(2)13(7,8-11(3)14)18-19(15,16)17-9-12(4,5)6/h10H,8-9H2,1-7H3,(H,15,16). The van der Waals surface area contributed by atoms with E-state index in [1.54, 1.807) is 6.92 Å². The van der Waals surface area contributed by atoms with Crippen LogP contribution in [-0.4, -0.2) is 22.9 Å². The Kier molecular flexibility index (Phi) is 6.41. The summed E-state index contributed by atoms with van der Waals surface area (Å²) in [4.78, 5) is 21.0. The van der Waals surface area contributed by atoms with Crippen LogP contribution in [-0.2, 0) is 18.4 Å². The lowest BCUT2D eigenvalue weighted by atomic mass is 9.88. The quantitative estimate of drug-likeness (QED) is 0.727. The molecule has 1 N–H and O–H groups in total. The van der Waals surface area contributed by atoms with Gasteiger partial charge in [0.2, 0.25) is 0 Å². The van der Waals surface area contributed by atoms with Gasteiger partial charge >= 0.3 is 7.82 Å². The zero-order chi connectivity index (χ0) is 15.5. The third kappa shape index (κ3) is 7.83. The SMILES string of the molecule is CC(=O)CC(C)(OP(=O)(O)OCC(C)(C)C)C(C)C. The maximum Gasteiger partial charge on any atom is 0.472 e. The fraction of sp³-hybridized carbons (Fsp3) is 0.923. The number of hydrogen-bond acceptors (Lipinski definition) is 4. The Morgan fingerprint density at radius 2 is 1.74 bits per heavy atom. The maximum absolute atomic E-state index is 12.0. The molecule has 0 spiro atoms. The molecule has 0 fully saturated rings. The van der Waals surface area contributed by atoms with Gasteiger partial charge in [0.15, 0.2) is 0 Å². The first-order valence-electron chi connectivity index (χ1n) is 6.45. The number of carbonyl (C=O) groups is 1. The van der Waals surface area contributed by atoms with Crippen molar-refractivity contribution >= 4 is 13.6 Å². The van der Waals surface area contributed by atoms with Crippen molar-refractivity contribution in [1.29, 1.82) is 0 Å². The van der Waals surface area contributed by atoms with Crippen LogP contribution in [0.3, 0.4) is 0 Å². The van der Waals surface area contributed by atoms with E-state index in [0.717, 1.165) is 0 Å². The smallest absolute Gasteiger partial charge is 0.302 e. The second kappa shape index (κ2) is 6.49. The summed E-state index contributed by atoms with van der Waals surface area (Å²) in [5, 5.41) is 0. The molecule has 0 heterocycles. The van der Waals surface area contributed by atoms with Gasteiger partial charge in [-0.3, -0.25) is 13.8 Å². The highest BCUT2D eigenvalue weighted by Crippen LogP contribution is 2.50. The van der Waals surface area contributed by atoms with Crippen LogP contribution in [0.1, 0.15) is 54.9 Å². The zero-order valence-electron chi connectivity index (χ0n) is 13.0. The second-order valence-electron chi connectivity index (χ2n) is 6.74. The maximum atomic E-state index is 12.0. The first kappa shape index (κ1) is 18.8. The molecule has 6 heteroatoms. The van der Waals surface area contributed by atoms with E-state index in [1.807, 2.05) is 34.6 Å². The Balaban J connectivity index is 4.84. The minimum Gasteiger partial charge on any atom is -0.302 e. The van der Waals surface area contributed by atoms with Gasteiger partial charge in [-0.25, -0.2) is 4.57 Å². The summed E-state index contributed by atoms with van der Waals surface area (Å²) >= 11 is 0. The Morgan fingerprint density at radius 3 is 2.05 bits per heavy atom. The Bertz CT molecular complexity index is 359. The molecule has 0 aromatic heterocycles. The lowest BCUT2D eigenvalue weighted by molar-refractivity contribution is -0.122. The lowest BCUT2D eigenvalue weighted by Crippen LogP contribution is -2.36. The van der Waals surface area contributed by atoms with Crippen LogP contribution in [0.4, 0.5) is 0 Å². The number of phosphoric ester groups is 1. The van der Waals surface area contributed by atoms with E-state index < -0.39 is 13.4 Å².